The lowest BCUT2D eigenvalue weighted by Crippen LogP contribution is -2.49. The lowest BCUT2D eigenvalue weighted by molar-refractivity contribution is -0.0826. The summed E-state index contributed by atoms with van der Waals surface area (Å²) in [4.78, 5) is 6.79. The van der Waals surface area contributed by atoms with Crippen molar-refractivity contribution in [1.82, 2.24) is 4.90 Å². The lowest BCUT2D eigenvalue weighted by Gasteiger charge is -2.37. The number of hydrogen-bond donors (Lipinski definition) is 0. The van der Waals surface area contributed by atoms with Gasteiger partial charge in [-0.05, 0) is 20.8 Å². The van der Waals surface area contributed by atoms with Crippen LogP contribution in [0.2, 0.25) is 0 Å². The molecule has 86 valence electrons. The van der Waals surface area contributed by atoms with Crippen LogP contribution in [-0.2, 0) is 9.47 Å². The maximum absolute atomic E-state index is 5.66. The zero-order chi connectivity index (χ0) is 10.9. The van der Waals surface area contributed by atoms with Crippen molar-refractivity contribution >= 4 is 5.90 Å². The largest absolute Gasteiger partial charge is 0.478 e. The van der Waals surface area contributed by atoms with Crippen molar-refractivity contribution in [3.63, 3.8) is 0 Å². The van der Waals surface area contributed by atoms with Gasteiger partial charge in [0.15, 0.2) is 5.90 Å². The third kappa shape index (κ3) is 2.92. The zero-order valence-corrected chi connectivity index (χ0v) is 9.82. The van der Waals surface area contributed by atoms with Gasteiger partial charge in [-0.2, -0.15) is 0 Å². The Morgan fingerprint density at radius 3 is 2.93 bits per heavy atom. The summed E-state index contributed by atoms with van der Waals surface area (Å²) in [6.07, 6.45) is 0. The second-order valence-corrected chi connectivity index (χ2v) is 5.00. The van der Waals surface area contributed by atoms with Crippen LogP contribution in [0, 0.1) is 0 Å². The molecule has 0 radical (unpaired) electrons. The monoisotopic (exact) mass is 212 g/mol. The first kappa shape index (κ1) is 10.9. The molecule has 0 aliphatic carbocycles. The minimum atomic E-state index is -0.0387. The molecule has 0 aromatic rings. The fraction of sp³-hybridized carbons (Fsp3) is 0.909. The Balaban J connectivity index is 1.87. The molecule has 2 heterocycles. The summed E-state index contributed by atoms with van der Waals surface area (Å²) in [5.41, 5.74) is -0.0387. The first-order chi connectivity index (χ1) is 7.05. The molecule has 0 amide bonds. The molecule has 0 N–H and O–H groups in total. The number of aliphatic imine (C=N–C) groups is 1. The van der Waals surface area contributed by atoms with E-state index in [0.717, 1.165) is 38.7 Å². The Bertz CT molecular complexity index is 263. The van der Waals surface area contributed by atoms with Gasteiger partial charge in [-0.3, -0.25) is 4.90 Å². The Morgan fingerprint density at radius 2 is 2.33 bits per heavy atom. The standard InChI is InChI=1S/C11H20N2O2/c1-9-7-14-10(12-9)6-13-4-5-15-11(2,3)8-13/h9H,4-8H2,1-3H3. The molecule has 1 atom stereocenters. The number of ether oxygens (including phenoxy) is 2. The molecule has 0 aromatic heterocycles. The maximum Gasteiger partial charge on any atom is 0.198 e. The van der Waals surface area contributed by atoms with Crippen molar-refractivity contribution in [3.8, 4) is 0 Å². The highest BCUT2D eigenvalue weighted by atomic mass is 16.5. The second kappa shape index (κ2) is 4.10. The van der Waals surface area contributed by atoms with Gasteiger partial charge in [0.05, 0.1) is 24.8 Å². The van der Waals surface area contributed by atoms with Crippen molar-refractivity contribution in [1.29, 1.82) is 0 Å². The molecule has 0 spiro atoms. The molecule has 0 bridgehead atoms. The molecular formula is C11H20N2O2. The Hall–Kier alpha value is -0.610. The van der Waals surface area contributed by atoms with Crippen LogP contribution in [0.3, 0.4) is 0 Å². The third-order valence-electron chi connectivity index (χ3n) is 2.72. The number of nitrogens with zero attached hydrogens (tertiary/aromatic N) is 2. The van der Waals surface area contributed by atoms with E-state index in [1.54, 1.807) is 0 Å². The van der Waals surface area contributed by atoms with E-state index in [1.807, 2.05) is 0 Å². The number of rotatable bonds is 2. The topological polar surface area (TPSA) is 34.1 Å². The van der Waals surface area contributed by atoms with Crippen molar-refractivity contribution in [3.05, 3.63) is 0 Å². The summed E-state index contributed by atoms with van der Waals surface area (Å²) < 4.78 is 11.2. The van der Waals surface area contributed by atoms with Crippen molar-refractivity contribution in [2.45, 2.75) is 32.4 Å². The zero-order valence-electron chi connectivity index (χ0n) is 9.82. The summed E-state index contributed by atoms with van der Waals surface area (Å²) in [5.74, 6) is 0.889. The predicted molar refractivity (Wildman–Crippen MR) is 59.3 cm³/mol. The average Bonchev–Trinajstić information content (AvgIpc) is 2.49. The van der Waals surface area contributed by atoms with Crippen LogP contribution in [0.4, 0.5) is 0 Å². The Kier molecular flexibility index (Phi) is 2.98. The maximum atomic E-state index is 5.66. The molecule has 1 saturated heterocycles. The summed E-state index contributed by atoms with van der Waals surface area (Å²) in [7, 11) is 0. The van der Waals surface area contributed by atoms with E-state index in [-0.39, 0.29) is 5.60 Å². The van der Waals surface area contributed by atoms with Gasteiger partial charge in [0.2, 0.25) is 0 Å². The molecule has 0 aromatic carbocycles. The summed E-state index contributed by atoms with van der Waals surface area (Å²) in [6.45, 7) is 10.6. The quantitative estimate of drug-likeness (QED) is 0.682. The van der Waals surface area contributed by atoms with Crippen LogP contribution in [0.15, 0.2) is 4.99 Å². The third-order valence-corrected chi connectivity index (χ3v) is 2.72. The fourth-order valence-corrected chi connectivity index (χ4v) is 2.06. The van der Waals surface area contributed by atoms with Crippen molar-refractivity contribution < 1.29 is 9.47 Å². The van der Waals surface area contributed by atoms with Crippen molar-refractivity contribution in [2.75, 3.05) is 32.8 Å². The Labute approximate surface area is 91.3 Å². The predicted octanol–water partition coefficient (Wildman–Crippen LogP) is 0.914. The van der Waals surface area contributed by atoms with E-state index in [9.17, 15) is 0 Å². The van der Waals surface area contributed by atoms with Gasteiger partial charge in [0, 0.05) is 13.1 Å². The van der Waals surface area contributed by atoms with Gasteiger partial charge in [-0.15, -0.1) is 0 Å². The van der Waals surface area contributed by atoms with E-state index in [2.05, 4.69) is 30.7 Å². The van der Waals surface area contributed by atoms with Crippen LogP contribution in [-0.4, -0.2) is 55.3 Å². The van der Waals surface area contributed by atoms with Gasteiger partial charge in [0.25, 0.3) is 0 Å². The molecule has 0 saturated carbocycles. The van der Waals surface area contributed by atoms with Crippen LogP contribution < -0.4 is 0 Å². The SMILES string of the molecule is CC1COC(CN2CCOC(C)(C)C2)=N1. The minimum absolute atomic E-state index is 0.0387. The molecule has 4 heteroatoms. The van der Waals surface area contributed by atoms with Gasteiger partial charge in [-0.1, -0.05) is 0 Å². The molecular weight excluding hydrogens is 192 g/mol. The van der Waals surface area contributed by atoms with Crippen LogP contribution >= 0.6 is 0 Å². The van der Waals surface area contributed by atoms with Crippen molar-refractivity contribution in [2.24, 2.45) is 4.99 Å². The van der Waals surface area contributed by atoms with Gasteiger partial charge >= 0.3 is 0 Å². The lowest BCUT2D eigenvalue weighted by atomic mass is 10.1. The smallest absolute Gasteiger partial charge is 0.198 e. The number of hydrogen-bond acceptors (Lipinski definition) is 4. The minimum Gasteiger partial charge on any atom is -0.478 e. The molecule has 2 rings (SSSR count). The van der Waals surface area contributed by atoms with Crippen LogP contribution in [0.1, 0.15) is 20.8 Å². The molecule has 2 aliphatic rings. The normalized spacial score (nSPS) is 31.1. The highest BCUT2D eigenvalue weighted by molar-refractivity contribution is 5.79. The summed E-state index contributed by atoms with van der Waals surface area (Å²) in [6, 6.07) is 0.328. The molecule has 2 aliphatic heterocycles. The van der Waals surface area contributed by atoms with Crippen LogP contribution in [0.5, 0.6) is 0 Å². The Morgan fingerprint density at radius 1 is 1.53 bits per heavy atom. The van der Waals surface area contributed by atoms with E-state index >= 15 is 0 Å². The first-order valence-electron chi connectivity index (χ1n) is 5.61. The highest BCUT2D eigenvalue weighted by Crippen LogP contribution is 2.16. The first-order valence-corrected chi connectivity index (χ1v) is 5.61. The van der Waals surface area contributed by atoms with Gasteiger partial charge in [0.1, 0.15) is 6.61 Å². The highest BCUT2D eigenvalue weighted by Gasteiger charge is 2.28. The summed E-state index contributed by atoms with van der Waals surface area (Å²) >= 11 is 0. The molecule has 1 fully saturated rings. The van der Waals surface area contributed by atoms with Gasteiger partial charge < -0.3 is 9.47 Å². The van der Waals surface area contributed by atoms with E-state index in [1.165, 1.54) is 0 Å². The molecule has 1 unspecified atom stereocenters. The van der Waals surface area contributed by atoms with E-state index in [0.29, 0.717) is 6.04 Å². The average molecular weight is 212 g/mol. The molecule has 15 heavy (non-hydrogen) atoms. The second-order valence-electron chi connectivity index (χ2n) is 5.00. The summed E-state index contributed by atoms with van der Waals surface area (Å²) in [5, 5.41) is 0. The van der Waals surface area contributed by atoms with Gasteiger partial charge in [-0.25, -0.2) is 4.99 Å². The van der Waals surface area contributed by atoms with Crippen LogP contribution in [0.25, 0.3) is 0 Å². The van der Waals surface area contributed by atoms with E-state index < -0.39 is 0 Å². The molecule has 4 nitrogen and oxygen atoms in total. The van der Waals surface area contributed by atoms with E-state index in [4.69, 9.17) is 9.47 Å². The number of morpholine rings is 1. The fourth-order valence-electron chi connectivity index (χ4n) is 2.06.